The Balaban J connectivity index is 0.000000925. The van der Waals surface area contributed by atoms with Crippen molar-refractivity contribution in [1.82, 2.24) is 39.3 Å². The van der Waals surface area contributed by atoms with Crippen LogP contribution in [0.3, 0.4) is 0 Å². The molecule has 0 bridgehead atoms. The van der Waals surface area contributed by atoms with Crippen molar-refractivity contribution < 1.29 is 45.8 Å². The number of nitrogens with zero attached hydrogens (tertiary/aromatic N) is 7. The number of piperazine rings is 3. The van der Waals surface area contributed by atoms with Gasteiger partial charge in [0.25, 0.3) is 0 Å². The van der Waals surface area contributed by atoms with Gasteiger partial charge in [-0.05, 0) is 45.0 Å². The van der Waals surface area contributed by atoms with E-state index < -0.39 is 33.6 Å². The van der Waals surface area contributed by atoms with Gasteiger partial charge in [-0.3, -0.25) is 19.4 Å². The third kappa shape index (κ3) is 12.6. The number of amides is 2. The van der Waals surface area contributed by atoms with Crippen LogP contribution >= 0.6 is 23.2 Å². The summed E-state index contributed by atoms with van der Waals surface area (Å²) in [6.45, 7) is 15.6. The molecule has 0 aliphatic carbocycles. The third-order valence-corrected chi connectivity index (χ3v) is 13.2. The molecular weight excluding hydrogens is 866 g/mol. The number of carbonyl (C=O) groups excluding carboxylic acids is 2. The number of aryl methyl sites for hydroxylation is 1. The highest BCUT2D eigenvalue weighted by atomic mass is 35.5. The molecule has 3 aromatic rings. The molecule has 61 heavy (non-hydrogen) atoms. The fourth-order valence-electron chi connectivity index (χ4n) is 7.28. The van der Waals surface area contributed by atoms with E-state index in [1.54, 1.807) is 15.9 Å². The van der Waals surface area contributed by atoms with Crippen LogP contribution in [0.5, 0.6) is 5.75 Å². The molecule has 2 amide bonds. The van der Waals surface area contributed by atoms with Crippen molar-refractivity contribution in [1.29, 1.82) is 0 Å². The van der Waals surface area contributed by atoms with Gasteiger partial charge in [-0.1, -0.05) is 41.4 Å². The van der Waals surface area contributed by atoms with Crippen molar-refractivity contribution >= 4 is 61.9 Å². The number of para-hydroxylation sites is 1. The Bertz CT molecular complexity index is 2150. The number of nitrogens with two attached hydrogens (primary N) is 1. The Hall–Kier alpha value is -3.86. The minimum Gasteiger partial charge on any atom is -0.487 e. The van der Waals surface area contributed by atoms with E-state index in [0.29, 0.717) is 50.5 Å². The highest BCUT2D eigenvalue weighted by Gasteiger charge is 2.40. The van der Waals surface area contributed by atoms with E-state index in [1.165, 1.54) is 26.0 Å². The van der Waals surface area contributed by atoms with Crippen molar-refractivity contribution in [3.63, 3.8) is 0 Å². The normalized spacial score (nSPS) is 17.9. The van der Waals surface area contributed by atoms with E-state index in [1.807, 2.05) is 31.2 Å². The van der Waals surface area contributed by atoms with Crippen molar-refractivity contribution in [2.75, 3.05) is 98.2 Å². The third-order valence-electron chi connectivity index (χ3n) is 10.6. The number of rotatable bonds is 12. The van der Waals surface area contributed by atoms with Gasteiger partial charge in [0, 0.05) is 113 Å². The summed E-state index contributed by atoms with van der Waals surface area (Å²) in [7, 11) is -4.29. The predicted molar refractivity (Wildman–Crippen MR) is 224 cm³/mol. The van der Waals surface area contributed by atoms with E-state index in [9.17, 15) is 31.2 Å². The number of fused-ring (bicyclic) bond motifs is 1. The van der Waals surface area contributed by atoms with Crippen molar-refractivity contribution in [2.45, 2.75) is 44.0 Å². The lowest BCUT2D eigenvalue weighted by Crippen LogP contribution is -2.61. The van der Waals surface area contributed by atoms with Crippen LogP contribution in [0.15, 0.2) is 47.4 Å². The Kier molecular flexibility index (Phi) is 16.2. The zero-order valence-corrected chi connectivity index (χ0v) is 36.6. The summed E-state index contributed by atoms with van der Waals surface area (Å²) in [6.07, 6.45) is -5.08. The van der Waals surface area contributed by atoms with Gasteiger partial charge in [-0.25, -0.2) is 28.2 Å². The summed E-state index contributed by atoms with van der Waals surface area (Å²) in [5, 5.41) is 13.0. The summed E-state index contributed by atoms with van der Waals surface area (Å²) < 4.78 is 67.9. The van der Waals surface area contributed by atoms with Gasteiger partial charge in [0.1, 0.15) is 28.3 Å². The molecule has 2 aromatic carbocycles. The van der Waals surface area contributed by atoms with Gasteiger partial charge in [0.15, 0.2) is 0 Å². The summed E-state index contributed by atoms with van der Waals surface area (Å²) in [5.41, 5.74) is 5.98. The van der Waals surface area contributed by atoms with Gasteiger partial charge in [0.2, 0.25) is 21.8 Å². The summed E-state index contributed by atoms with van der Waals surface area (Å²) in [4.78, 5) is 48.2. The van der Waals surface area contributed by atoms with Crippen LogP contribution in [0.25, 0.3) is 10.9 Å². The van der Waals surface area contributed by atoms with Crippen LogP contribution in [0.1, 0.15) is 25.1 Å². The molecule has 3 fully saturated rings. The van der Waals surface area contributed by atoms with Crippen LogP contribution in [-0.2, 0) is 31.0 Å². The van der Waals surface area contributed by atoms with Crippen molar-refractivity contribution in [3.05, 3.63) is 63.8 Å². The molecule has 1 aromatic heterocycles. The zero-order valence-electron chi connectivity index (χ0n) is 34.3. The number of ether oxygens (including phenoxy) is 1. The van der Waals surface area contributed by atoms with Gasteiger partial charge >= 0.3 is 12.1 Å². The Morgan fingerprint density at radius 2 is 1.43 bits per heavy atom. The lowest BCUT2D eigenvalue weighted by molar-refractivity contribution is -0.192. The van der Waals surface area contributed by atoms with Gasteiger partial charge in [-0.2, -0.15) is 17.9 Å². The number of hydrogen-bond donors (Lipinski definition) is 3. The molecule has 3 aliphatic heterocycles. The maximum absolute atomic E-state index is 13.8. The number of benzene rings is 2. The van der Waals surface area contributed by atoms with E-state index in [4.69, 9.17) is 43.6 Å². The molecule has 0 atom stereocenters. The summed E-state index contributed by atoms with van der Waals surface area (Å²) in [5.74, 6) is -2.61. The number of pyridine rings is 1. The molecule has 16 nitrogen and oxygen atoms in total. The van der Waals surface area contributed by atoms with Crippen LogP contribution in [0.2, 0.25) is 10.0 Å². The molecule has 3 saturated heterocycles. The molecule has 4 N–H and O–H groups in total. The zero-order chi connectivity index (χ0) is 44.7. The maximum Gasteiger partial charge on any atom is 0.490 e. The molecule has 0 saturated carbocycles. The molecule has 6 rings (SSSR count). The molecule has 4 heterocycles. The number of carboxylic acids is 1. The standard InChI is InChI=1S/C37H51Cl2N9O5S.C2HF3O2/c1-27-7-8-28-5-4-6-31(35(28)41-27)53-26-29-30(38)9-10-32(34(29)39)54(51,52)42-37(2,3)36(50)46-19-17-45(18-20-46)33(49)25-44-15-23-48(24-16-44)47-21-13-43(12-11-40)14-22-47;3-2(4,5)1(6)7/h4-10,42H,11-26,40H2,1-3H3;(H,6,7). The SMILES string of the molecule is Cc1ccc2cccc(OCc3c(Cl)ccc(S(=O)(=O)NC(C)(C)C(=O)N4CCN(C(=O)CN5CCN(N6CCN(CCN)CC6)CC5)CC4)c3Cl)c2n1.O=C(O)C(F)(F)F. The minimum atomic E-state index is -5.08. The number of nitrogens with one attached hydrogen (secondary N) is 1. The van der Waals surface area contributed by atoms with Crippen LogP contribution in [0.4, 0.5) is 13.2 Å². The van der Waals surface area contributed by atoms with E-state index in [0.717, 1.165) is 70.0 Å². The van der Waals surface area contributed by atoms with Gasteiger partial charge in [0.05, 0.1) is 11.6 Å². The molecule has 0 unspecified atom stereocenters. The number of alkyl halides is 3. The number of aliphatic carboxylic acids is 1. The number of sulfonamides is 1. The monoisotopic (exact) mass is 917 g/mol. The molecular formula is C39H52Cl2F3N9O7S. The Morgan fingerprint density at radius 3 is 2.00 bits per heavy atom. The average Bonchev–Trinajstić information content (AvgIpc) is 3.20. The van der Waals surface area contributed by atoms with Crippen LogP contribution < -0.4 is 15.2 Å². The van der Waals surface area contributed by atoms with Crippen LogP contribution in [-0.4, -0.2) is 176 Å². The topological polar surface area (TPSA) is 185 Å². The number of carbonyl (C=O) groups is 3. The second-order valence-electron chi connectivity index (χ2n) is 15.4. The minimum absolute atomic E-state index is 0.0369. The number of aromatic nitrogens is 1. The molecule has 22 heteroatoms. The van der Waals surface area contributed by atoms with E-state index in [2.05, 4.69) is 29.5 Å². The second kappa shape index (κ2) is 20.5. The average molecular weight is 919 g/mol. The van der Waals surface area contributed by atoms with E-state index in [-0.39, 0.29) is 33.0 Å². The largest absolute Gasteiger partial charge is 0.490 e. The Morgan fingerprint density at radius 1 is 0.852 bits per heavy atom. The molecule has 3 aliphatic rings. The number of hydrazine groups is 1. The maximum atomic E-state index is 13.8. The first-order chi connectivity index (χ1) is 28.7. The number of hydrogen-bond acceptors (Lipinski definition) is 12. The Labute approximate surface area is 363 Å². The predicted octanol–water partition coefficient (Wildman–Crippen LogP) is 2.90. The fourth-order valence-corrected chi connectivity index (χ4v) is 9.54. The first-order valence-corrected chi connectivity index (χ1v) is 22.0. The summed E-state index contributed by atoms with van der Waals surface area (Å²) in [6, 6.07) is 12.2. The van der Waals surface area contributed by atoms with E-state index >= 15 is 0 Å². The first kappa shape index (κ1) is 48.2. The molecule has 336 valence electrons. The number of carboxylic acid groups (broad SMARTS) is 1. The lowest BCUT2D eigenvalue weighted by Gasteiger charge is -2.45. The smallest absolute Gasteiger partial charge is 0.487 e. The lowest BCUT2D eigenvalue weighted by atomic mass is 10.0. The molecule has 0 spiro atoms. The second-order valence-corrected chi connectivity index (χ2v) is 17.9. The number of halogens is 5. The fraction of sp³-hybridized carbons (Fsp3) is 0.538. The molecule has 0 radical (unpaired) electrons. The van der Waals surface area contributed by atoms with Crippen molar-refractivity contribution in [3.8, 4) is 5.75 Å². The summed E-state index contributed by atoms with van der Waals surface area (Å²) >= 11 is 13.2. The van der Waals surface area contributed by atoms with Crippen LogP contribution in [0, 0.1) is 6.92 Å². The van der Waals surface area contributed by atoms with Crippen molar-refractivity contribution in [2.24, 2.45) is 5.73 Å². The van der Waals surface area contributed by atoms with Gasteiger partial charge in [-0.15, -0.1) is 0 Å². The quantitative estimate of drug-likeness (QED) is 0.241. The highest BCUT2D eigenvalue weighted by molar-refractivity contribution is 7.89. The van der Waals surface area contributed by atoms with Gasteiger partial charge < -0.3 is 25.4 Å². The first-order valence-electron chi connectivity index (χ1n) is 19.7. The highest BCUT2D eigenvalue weighted by Crippen LogP contribution is 2.34.